The number of rotatable bonds is 0. The Kier molecular flexibility index (Phi) is 2.87. The second-order valence-electron chi connectivity index (χ2n) is 8.06. The van der Waals surface area contributed by atoms with Gasteiger partial charge in [0.15, 0.2) is 0 Å². The summed E-state index contributed by atoms with van der Waals surface area (Å²) in [6.45, 7) is 6.85. The topological polar surface area (TPSA) is 17.1 Å². The summed E-state index contributed by atoms with van der Waals surface area (Å²) in [5.41, 5.74) is 4.58. The summed E-state index contributed by atoms with van der Waals surface area (Å²) in [6.07, 6.45) is 5.59. The van der Waals surface area contributed by atoms with Crippen LogP contribution in [0.2, 0.25) is 0 Å². The number of ketones is 1. The van der Waals surface area contributed by atoms with E-state index in [1.54, 1.807) is 11.1 Å². The molecular weight excluding hydrogens is 256 g/mol. The first-order valence-electron chi connectivity index (χ1n) is 8.64. The van der Waals surface area contributed by atoms with Gasteiger partial charge < -0.3 is 0 Å². The van der Waals surface area contributed by atoms with Crippen molar-refractivity contribution in [2.24, 2.45) is 17.3 Å². The van der Waals surface area contributed by atoms with Crippen molar-refractivity contribution in [3.8, 4) is 0 Å². The highest BCUT2D eigenvalue weighted by Gasteiger charge is 2.55. The molecule has 0 aliphatic heterocycles. The van der Waals surface area contributed by atoms with Crippen LogP contribution in [0.3, 0.4) is 0 Å². The quantitative estimate of drug-likeness (QED) is 0.656. The first-order valence-corrected chi connectivity index (χ1v) is 8.64. The fourth-order valence-electron chi connectivity index (χ4n) is 5.77. The average molecular weight is 282 g/mol. The lowest BCUT2D eigenvalue weighted by Gasteiger charge is -2.49. The van der Waals surface area contributed by atoms with Crippen molar-refractivity contribution in [1.82, 2.24) is 0 Å². The molecule has 0 N–H and O–H groups in total. The Morgan fingerprint density at radius 3 is 2.81 bits per heavy atom. The predicted octanol–water partition coefficient (Wildman–Crippen LogP) is 4.98. The number of hydrogen-bond acceptors (Lipinski definition) is 1. The minimum atomic E-state index is 0.00306. The van der Waals surface area contributed by atoms with Crippen molar-refractivity contribution in [1.29, 1.82) is 0 Å². The summed E-state index contributed by atoms with van der Waals surface area (Å²) in [7, 11) is 0. The summed E-state index contributed by atoms with van der Waals surface area (Å²) < 4.78 is 0. The molecule has 1 heteroatoms. The summed E-state index contributed by atoms with van der Waals surface area (Å²) >= 11 is 0. The SMILES string of the molecule is Cc1ccc2c(c1)C(C)C[C@@H]1[C@@H]2CC[C@]2(C)C(=O)CC[C@@H]12. The van der Waals surface area contributed by atoms with Gasteiger partial charge in [0.1, 0.15) is 5.78 Å². The van der Waals surface area contributed by atoms with Crippen LogP contribution in [0.1, 0.15) is 74.5 Å². The monoisotopic (exact) mass is 282 g/mol. The van der Waals surface area contributed by atoms with Gasteiger partial charge in [-0.25, -0.2) is 0 Å². The van der Waals surface area contributed by atoms with E-state index in [2.05, 4.69) is 39.0 Å². The van der Waals surface area contributed by atoms with E-state index in [0.717, 1.165) is 25.2 Å². The number of carbonyl (C=O) groups excluding carboxylic acids is 1. The molecule has 1 unspecified atom stereocenters. The normalized spacial score (nSPS) is 41.4. The molecule has 0 bridgehead atoms. The molecule has 0 radical (unpaired) electrons. The molecule has 2 fully saturated rings. The van der Waals surface area contributed by atoms with Crippen LogP contribution in [-0.4, -0.2) is 5.78 Å². The van der Waals surface area contributed by atoms with Gasteiger partial charge in [0, 0.05) is 11.8 Å². The molecule has 5 atom stereocenters. The number of aryl methyl sites for hydroxylation is 1. The molecule has 1 aromatic carbocycles. The van der Waals surface area contributed by atoms with Crippen molar-refractivity contribution < 1.29 is 4.79 Å². The summed E-state index contributed by atoms with van der Waals surface area (Å²) in [5, 5.41) is 0. The van der Waals surface area contributed by atoms with E-state index in [-0.39, 0.29) is 5.41 Å². The van der Waals surface area contributed by atoms with E-state index in [1.807, 2.05) is 0 Å². The molecule has 0 spiro atoms. The van der Waals surface area contributed by atoms with Crippen molar-refractivity contribution in [2.45, 2.75) is 64.7 Å². The van der Waals surface area contributed by atoms with Gasteiger partial charge in [-0.1, -0.05) is 37.6 Å². The molecule has 112 valence electrons. The Bertz CT molecular complexity index is 602. The van der Waals surface area contributed by atoms with Crippen LogP contribution < -0.4 is 0 Å². The van der Waals surface area contributed by atoms with E-state index in [4.69, 9.17) is 0 Å². The van der Waals surface area contributed by atoms with Gasteiger partial charge in [-0.2, -0.15) is 0 Å². The number of hydrogen-bond donors (Lipinski definition) is 0. The zero-order valence-corrected chi connectivity index (χ0v) is 13.5. The van der Waals surface area contributed by atoms with Gasteiger partial charge in [-0.05, 0) is 67.4 Å². The lowest BCUT2D eigenvalue weighted by molar-refractivity contribution is -0.129. The third-order valence-electron chi connectivity index (χ3n) is 6.94. The first kappa shape index (κ1) is 13.5. The zero-order valence-electron chi connectivity index (χ0n) is 13.5. The molecule has 3 aliphatic rings. The molecule has 21 heavy (non-hydrogen) atoms. The maximum absolute atomic E-state index is 12.4. The highest BCUT2D eigenvalue weighted by molar-refractivity contribution is 5.87. The molecule has 2 saturated carbocycles. The predicted molar refractivity (Wildman–Crippen MR) is 85.5 cm³/mol. The van der Waals surface area contributed by atoms with Crippen molar-refractivity contribution in [3.05, 3.63) is 34.9 Å². The Balaban J connectivity index is 1.77. The highest BCUT2D eigenvalue weighted by Crippen LogP contribution is 2.61. The summed E-state index contributed by atoms with van der Waals surface area (Å²) in [4.78, 5) is 12.4. The summed E-state index contributed by atoms with van der Waals surface area (Å²) in [6, 6.07) is 7.07. The van der Waals surface area contributed by atoms with Crippen LogP contribution in [0.5, 0.6) is 0 Å². The number of fused-ring (bicyclic) bond motifs is 5. The van der Waals surface area contributed by atoms with Crippen molar-refractivity contribution >= 4 is 5.78 Å². The molecule has 1 aromatic rings. The highest BCUT2D eigenvalue weighted by atomic mass is 16.1. The minimum Gasteiger partial charge on any atom is -0.299 e. The van der Waals surface area contributed by atoms with Crippen molar-refractivity contribution in [3.63, 3.8) is 0 Å². The van der Waals surface area contributed by atoms with E-state index in [9.17, 15) is 4.79 Å². The van der Waals surface area contributed by atoms with Gasteiger partial charge in [-0.15, -0.1) is 0 Å². The summed E-state index contributed by atoms with van der Waals surface area (Å²) in [5.74, 6) is 3.29. The third kappa shape index (κ3) is 1.79. The third-order valence-corrected chi connectivity index (χ3v) is 6.94. The van der Waals surface area contributed by atoms with E-state index < -0.39 is 0 Å². The van der Waals surface area contributed by atoms with Gasteiger partial charge in [0.2, 0.25) is 0 Å². The van der Waals surface area contributed by atoms with E-state index >= 15 is 0 Å². The Morgan fingerprint density at radius 2 is 2.00 bits per heavy atom. The maximum Gasteiger partial charge on any atom is 0.139 e. The number of benzene rings is 1. The van der Waals surface area contributed by atoms with Gasteiger partial charge in [0.25, 0.3) is 0 Å². The lowest BCUT2D eigenvalue weighted by Crippen LogP contribution is -2.42. The largest absolute Gasteiger partial charge is 0.299 e. The zero-order chi connectivity index (χ0) is 14.8. The molecular formula is C20H26O. The second kappa shape index (κ2) is 4.44. The molecule has 3 aliphatic carbocycles. The molecule has 0 saturated heterocycles. The van der Waals surface area contributed by atoms with Crippen LogP contribution >= 0.6 is 0 Å². The molecule has 0 amide bonds. The minimum absolute atomic E-state index is 0.00306. The second-order valence-corrected chi connectivity index (χ2v) is 8.06. The maximum atomic E-state index is 12.4. The van der Waals surface area contributed by atoms with Crippen LogP contribution in [-0.2, 0) is 4.79 Å². The fraction of sp³-hybridized carbons (Fsp3) is 0.650. The Hall–Kier alpha value is -1.11. The van der Waals surface area contributed by atoms with E-state index in [1.165, 1.54) is 18.4 Å². The van der Waals surface area contributed by atoms with Crippen LogP contribution in [0, 0.1) is 24.2 Å². The van der Waals surface area contributed by atoms with Crippen LogP contribution in [0.4, 0.5) is 0 Å². The lowest BCUT2D eigenvalue weighted by atomic mass is 9.54. The van der Waals surface area contributed by atoms with Crippen LogP contribution in [0.15, 0.2) is 18.2 Å². The number of Topliss-reactive ketones (excluding diaryl/α,β-unsaturated/α-hetero) is 1. The first-order chi connectivity index (χ1) is 10.0. The molecule has 1 nitrogen and oxygen atoms in total. The van der Waals surface area contributed by atoms with Gasteiger partial charge >= 0.3 is 0 Å². The number of carbonyl (C=O) groups is 1. The standard InChI is InChI=1S/C20H26O/c1-12-4-5-14-15-8-9-20(3)18(6-7-19(20)21)17(15)11-13(2)16(14)10-12/h4-5,10,13,15,17-18H,6-9,11H2,1-3H3/t13?,15-,17-,18+,20+/m1/s1. The average Bonchev–Trinajstić information content (AvgIpc) is 2.76. The molecule has 0 heterocycles. The van der Waals surface area contributed by atoms with Gasteiger partial charge in [0.05, 0.1) is 0 Å². The fourth-order valence-corrected chi connectivity index (χ4v) is 5.77. The molecule has 4 rings (SSSR count). The van der Waals surface area contributed by atoms with E-state index in [0.29, 0.717) is 23.5 Å². The smallest absolute Gasteiger partial charge is 0.139 e. The molecule has 0 aromatic heterocycles. The van der Waals surface area contributed by atoms with Crippen molar-refractivity contribution in [2.75, 3.05) is 0 Å². The Morgan fingerprint density at radius 1 is 1.19 bits per heavy atom. The van der Waals surface area contributed by atoms with Gasteiger partial charge in [-0.3, -0.25) is 4.79 Å². The Labute approximate surface area is 128 Å². The van der Waals surface area contributed by atoms with Crippen LogP contribution in [0.25, 0.3) is 0 Å².